The van der Waals surface area contributed by atoms with Crippen molar-refractivity contribution in [2.24, 2.45) is 5.41 Å². The maximum Gasteiger partial charge on any atom is 0.109 e. The van der Waals surface area contributed by atoms with Gasteiger partial charge in [-0.25, -0.2) is 0 Å². The van der Waals surface area contributed by atoms with Crippen LogP contribution in [0.4, 0.5) is 0 Å². The third kappa shape index (κ3) is 2.92. The second kappa shape index (κ2) is 4.40. The summed E-state index contributed by atoms with van der Waals surface area (Å²) in [7, 11) is 2.23. The van der Waals surface area contributed by atoms with Gasteiger partial charge in [0.2, 0.25) is 0 Å². The molecule has 0 aliphatic carbocycles. The number of hydrogen-bond acceptors (Lipinski definition) is 3. The van der Waals surface area contributed by atoms with Gasteiger partial charge in [-0.1, -0.05) is 13.8 Å². The van der Waals surface area contributed by atoms with E-state index in [0.29, 0.717) is 5.41 Å². The monoisotopic (exact) mass is 212 g/mol. The largest absolute Gasteiger partial charge is 0.363 e. The number of likely N-dealkylation sites (tertiary alicyclic amines) is 1. The van der Waals surface area contributed by atoms with Crippen LogP contribution in [-0.2, 0) is 4.74 Å². The van der Waals surface area contributed by atoms with Crippen LogP contribution in [0.5, 0.6) is 0 Å². The summed E-state index contributed by atoms with van der Waals surface area (Å²) in [5, 5.41) is 3.51. The molecule has 88 valence electrons. The van der Waals surface area contributed by atoms with Gasteiger partial charge in [-0.05, 0) is 26.4 Å². The van der Waals surface area contributed by atoms with Crippen LogP contribution in [0.25, 0.3) is 0 Å². The highest BCUT2D eigenvalue weighted by molar-refractivity contribution is 4.83. The van der Waals surface area contributed by atoms with Gasteiger partial charge < -0.3 is 9.64 Å². The van der Waals surface area contributed by atoms with E-state index in [1.165, 1.54) is 19.4 Å². The molecule has 0 aromatic heterocycles. The van der Waals surface area contributed by atoms with Crippen molar-refractivity contribution in [2.75, 3.05) is 26.7 Å². The molecule has 1 N–H and O–H groups in total. The van der Waals surface area contributed by atoms with E-state index in [-0.39, 0.29) is 6.23 Å². The molecule has 3 heteroatoms. The smallest absolute Gasteiger partial charge is 0.109 e. The van der Waals surface area contributed by atoms with Gasteiger partial charge in [0.15, 0.2) is 0 Å². The van der Waals surface area contributed by atoms with Crippen LogP contribution in [-0.4, -0.2) is 43.9 Å². The molecule has 2 fully saturated rings. The molecule has 3 nitrogen and oxygen atoms in total. The van der Waals surface area contributed by atoms with Gasteiger partial charge >= 0.3 is 0 Å². The third-order valence-corrected chi connectivity index (χ3v) is 3.64. The predicted octanol–water partition coefficient (Wildman–Crippen LogP) is 1.44. The van der Waals surface area contributed by atoms with Gasteiger partial charge in [0, 0.05) is 24.4 Å². The fourth-order valence-electron chi connectivity index (χ4n) is 2.50. The lowest BCUT2D eigenvalue weighted by Gasteiger charge is -2.37. The van der Waals surface area contributed by atoms with Crippen molar-refractivity contribution in [2.45, 2.75) is 45.4 Å². The summed E-state index contributed by atoms with van der Waals surface area (Å²) in [6, 6.07) is 0.726. The standard InChI is InChI=1S/C12H24N2O/c1-12(2)8-13-11(15-9-12)7-10-5-4-6-14(10)3/h10-11,13H,4-9H2,1-3H3. The Balaban J connectivity index is 1.77. The molecule has 0 bridgehead atoms. The summed E-state index contributed by atoms with van der Waals surface area (Å²) in [5.41, 5.74) is 0.304. The zero-order chi connectivity index (χ0) is 10.9. The minimum absolute atomic E-state index is 0.281. The Hall–Kier alpha value is -0.120. The second-order valence-corrected chi connectivity index (χ2v) is 5.86. The molecule has 0 saturated carbocycles. The molecule has 0 aromatic carbocycles. The Morgan fingerprint density at radius 1 is 1.47 bits per heavy atom. The molecule has 2 unspecified atom stereocenters. The van der Waals surface area contributed by atoms with Crippen molar-refractivity contribution in [3.8, 4) is 0 Å². The number of nitrogens with zero attached hydrogens (tertiary/aromatic N) is 1. The van der Waals surface area contributed by atoms with Crippen molar-refractivity contribution < 1.29 is 4.74 Å². The van der Waals surface area contributed by atoms with E-state index in [9.17, 15) is 0 Å². The Morgan fingerprint density at radius 3 is 2.80 bits per heavy atom. The Bertz CT molecular complexity index is 208. The summed E-state index contributed by atoms with van der Waals surface area (Å²) >= 11 is 0. The molecule has 2 atom stereocenters. The lowest BCUT2D eigenvalue weighted by Crippen LogP contribution is -2.49. The predicted molar refractivity (Wildman–Crippen MR) is 61.8 cm³/mol. The van der Waals surface area contributed by atoms with Gasteiger partial charge in [-0.15, -0.1) is 0 Å². The first-order chi connectivity index (χ1) is 7.07. The fraction of sp³-hybridized carbons (Fsp3) is 1.00. The molecule has 15 heavy (non-hydrogen) atoms. The highest BCUT2D eigenvalue weighted by Crippen LogP contribution is 2.24. The number of nitrogens with one attached hydrogen (secondary N) is 1. The Labute approximate surface area is 93.2 Å². The number of hydrogen-bond donors (Lipinski definition) is 1. The summed E-state index contributed by atoms with van der Waals surface area (Å²) in [6.45, 7) is 7.72. The molecule has 0 spiro atoms. The van der Waals surface area contributed by atoms with Crippen molar-refractivity contribution in [1.29, 1.82) is 0 Å². The lowest BCUT2D eigenvalue weighted by atomic mass is 9.93. The van der Waals surface area contributed by atoms with Crippen LogP contribution in [0.2, 0.25) is 0 Å². The van der Waals surface area contributed by atoms with E-state index in [2.05, 4.69) is 31.1 Å². The average molecular weight is 212 g/mol. The molecular weight excluding hydrogens is 188 g/mol. The topological polar surface area (TPSA) is 24.5 Å². The van der Waals surface area contributed by atoms with Crippen LogP contribution in [0, 0.1) is 5.41 Å². The minimum atomic E-state index is 0.281. The summed E-state index contributed by atoms with van der Waals surface area (Å²) in [6.07, 6.45) is 4.11. The molecule has 2 saturated heterocycles. The molecule has 0 amide bonds. The van der Waals surface area contributed by atoms with Crippen LogP contribution in [0.1, 0.15) is 33.1 Å². The van der Waals surface area contributed by atoms with Gasteiger partial charge in [-0.3, -0.25) is 5.32 Å². The average Bonchev–Trinajstić information content (AvgIpc) is 2.56. The lowest BCUT2D eigenvalue weighted by molar-refractivity contribution is -0.0678. The van der Waals surface area contributed by atoms with Crippen molar-refractivity contribution in [3.05, 3.63) is 0 Å². The highest BCUT2D eigenvalue weighted by atomic mass is 16.5. The molecule has 2 rings (SSSR count). The van der Waals surface area contributed by atoms with Crippen molar-refractivity contribution in [3.63, 3.8) is 0 Å². The first-order valence-corrected chi connectivity index (χ1v) is 6.12. The fourth-order valence-corrected chi connectivity index (χ4v) is 2.50. The van der Waals surface area contributed by atoms with Crippen molar-refractivity contribution >= 4 is 0 Å². The van der Waals surface area contributed by atoms with E-state index in [1.54, 1.807) is 0 Å². The first-order valence-electron chi connectivity index (χ1n) is 6.12. The van der Waals surface area contributed by atoms with E-state index >= 15 is 0 Å². The Kier molecular flexibility index (Phi) is 3.33. The molecule has 0 aromatic rings. The maximum atomic E-state index is 5.87. The SMILES string of the molecule is CN1CCCC1CC1NCC(C)(C)CO1. The Morgan fingerprint density at radius 2 is 2.27 bits per heavy atom. The first kappa shape index (κ1) is 11.4. The maximum absolute atomic E-state index is 5.87. The summed E-state index contributed by atoms with van der Waals surface area (Å²) in [5.74, 6) is 0. The van der Waals surface area contributed by atoms with Gasteiger partial charge in [0.1, 0.15) is 6.23 Å². The van der Waals surface area contributed by atoms with E-state index in [0.717, 1.165) is 25.6 Å². The van der Waals surface area contributed by atoms with E-state index < -0.39 is 0 Å². The quantitative estimate of drug-likeness (QED) is 0.749. The molecule has 2 aliphatic rings. The second-order valence-electron chi connectivity index (χ2n) is 5.86. The number of rotatable bonds is 2. The van der Waals surface area contributed by atoms with Gasteiger partial charge in [0.05, 0.1) is 6.61 Å². The van der Waals surface area contributed by atoms with Crippen LogP contribution < -0.4 is 5.32 Å². The molecule has 2 heterocycles. The summed E-state index contributed by atoms with van der Waals surface area (Å²) < 4.78 is 5.87. The minimum Gasteiger partial charge on any atom is -0.363 e. The van der Waals surface area contributed by atoms with Crippen LogP contribution in [0.3, 0.4) is 0 Å². The van der Waals surface area contributed by atoms with Crippen LogP contribution in [0.15, 0.2) is 0 Å². The highest BCUT2D eigenvalue weighted by Gasteiger charge is 2.30. The van der Waals surface area contributed by atoms with Gasteiger partial charge in [-0.2, -0.15) is 0 Å². The van der Waals surface area contributed by atoms with Gasteiger partial charge in [0.25, 0.3) is 0 Å². The molecule has 2 aliphatic heterocycles. The molecular formula is C12H24N2O. The third-order valence-electron chi connectivity index (χ3n) is 3.64. The summed E-state index contributed by atoms with van der Waals surface area (Å²) in [4.78, 5) is 2.46. The van der Waals surface area contributed by atoms with E-state index in [1.807, 2.05) is 0 Å². The zero-order valence-corrected chi connectivity index (χ0v) is 10.3. The molecule has 0 radical (unpaired) electrons. The normalized spacial score (nSPS) is 37.0. The van der Waals surface area contributed by atoms with E-state index in [4.69, 9.17) is 4.74 Å². The van der Waals surface area contributed by atoms with Crippen LogP contribution >= 0.6 is 0 Å². The number of ether oxygens (including phenoxy) is 1. The zero-order valence-electron chi connectivity index (χ0n) is 10.3. The van der Waals surface area contributed by atoms with Crippen molar-refractivity contribution in [1.82, 2.24) is 10.2 Å².